The van der Waals surface area contributed by atoms with Gasteiger partial charge in [-0.1, -0.05) is 12.1 Å². The van der Waals surface area contributed by atoms with E-state index in [0.717, 1.165) is 42.8 Å². The molecule has 0 heterocycles. The molecule has 1 rings (SSSR count). The van der Waals surface area contributed by atoms with E-state index in [0.29, 0.717) is 0 Å². The van der Waals surface area contributed by atoms with Gasteiger partial charge in [-0.3, -0.25) is 4.79 Å². The first-order valence-electron chi connectivity index (χ1n) is 6.98. The molecule has 1 aromatic rings. The molecule has 0 bridgehead atoms. The van der Waals surface area contributed by atoms with E-state index in [1.165, 1.54) is 5.56 Å². The molecule has 0 radical (unpaired) electrons. The summed E-state index contributed by atoms with van der Waals surface area (Å²) < 4.78 is 5.37. The molecule has 0 amide bonds. The number of hydrogen-bond donors (Lipinski definition) is 1. The van der Waals surface area contributed by atoms with Gasteiger partial charge in [0.2, 0.25) is 0 Å². The van der Waals surface area contributed by atoms with Crippen LogP contribution in [0.3, 0.4) is 0 Å². The molecule has 4 heteroatoms. The van der Waals surface area contributed by atoms with Crippen LogP contribution in [0.25, 0.3) is 0 Å². The first kappa shape index (κ1) is 16.5. The normalized spacial score (nSPS) is 10.8. The summed E-state index contributed by atoms with van der Waals surface area (Å²) in [5.41, 5.74) is 3.57. The van der Waals surface area contributed by atoms with Crippen LogP contribution in [-0.4, -0.2) is 36.7 Å². The SMILES string of the molecule is COc1c(C)cc(CN(C)CCCCC(=O)O)cc1C. The second-order valence-corrected chi connectivity index (χ2v) is 5.35. The number of methoxy groups -OCH3 is 1. The molecular weight excluding hydrogens is 254 g/mol. The molecule has 0 atom stereocenters. The molecule has 4 nitrogen and oxygen atoms in total. The Morgan fingerprint density at radius 2 is 1.85 bits per heavy atom. The van der Waals surface area contributed by atoms with Crippen molar-refractivity contribution >= 4 is 5.97 Å². The van der Waals surface area contributed by atoms with Gasteiger partial charge in [-0.05, 0) is 57.0 Å². The number of benzene rings is 1. The Morgan fingerprint density at radius 3 is 2.35 bits per heavy atom. The highest BCUT2D eigenvalue weighted by Gasteiger charge is 2.07. The number of carbonyl (C=O) groups is 1. The smallest absolute Gasteiger partial charge is 0.303 e. The van der Waals surface area contributed by atoms with E-state index >= 15 is 0 Å². The van der Waals surface area contributed by atoms with Gasteiger partial charge < -0.3 is 14.7 Å². The Hall–Kier alpha value is -1.55. The van der Waals surface area contributed by atoms with Gasteiger partial charge in [0.25, 0.3) is 0 Å². The van der Waals surface area contributed by atoms with Crippen molar-refractivity contribution in [3.05, 3.63) is 28.8 Å². The average molecular weight is 279 g/mol. The van der Waals surface area contributed by atoms with Crippen molar-refractivity contribution < 1.29 is 14.6 Å². The Bertz CT molecular complexity index is 434. The second kappa shape index (κ2) is 7.90. The molecule has 0 saturated heterocycles. The van der Waals surface area contributed by atoms with Crippen molar-refractivity contribution in [2.45, 2.75) is 39.7 Å². The summed E-state index contributed by atoms with van der Waals surface area (Å²) in [5, 5.41) is 8.60. The van der Waals surface area contributed by atoms with Crippen LogP contribution in [0.1, 0.15) is 36.0 Å². The lowest BCUT2D eigenvalue weighted by Gasteiger charge is -2.18. The maximum Gasteiger partial charge on any atom is 0.303 e. The lowest BCUT2D eigenvalue weighted by atomic mass is 10.1. The van der Waals surface area contributed by atoms with Gasteiger partial charge in [-0.15, -0.1) is 0 Å². The topological polar surface area (TPSA) is 49.8 Å². The molecule has 20 heavy (non-hydrogen) atoms. The fourth-order valence-corrected chi connectivity index (χ4v) is 2.50. The van der Waals surface area contributed by atoms with Gasteiger partial charge in [0, 0.05) is 13.0 Å². The minimum atomic E-state index is -0.714. The maximum atomic E-state index is 10.4. The first-order valence-corrected chi connectivity index (χ1v) is 6.98. The number of aryl methyl sites for hydroxylation is 2. The summed E-state index contributed by atoms with van der Waals surface area (Å²) in [6.45, 7) is 5.90. The highest BCUT2D eigenvalue weighted by atomic mass is 16.5. The third-order valence-electron chi connectivity index (χ3n) is 3.36. The number of hydrogen-bond acceptors (Lipinski definition) is 3. The van der Waals surface area contributed by atoms with E-state index in [1.807, 2.05) is 0 Å². The number of aliphatic carboxylic acids is 1. The van der Waals surface area contributed by atoms with Crippen molar-refractivity contribution in [1.82, 2.24) is 4.90 Å². The van der Waals surface area contributed by atoms with E-state index < -0.39 is 5.97 Å². The summed E-state index contributed by atoms with van der Waals surface area (Å²) >= 11 is 0. The van der Waals surface area contributed by atoms with Crippen molar-refractivity contribution in [3.8, 4) is 5.75 Å². The lowest BCUT2D eigenvalue weighted by molar-refractivity contribution is -0.137. The first-order chi connectivity index (χ1) is 9.43. The zero-order valence-corrected chi connectivity index (χ0v) is 12.9. The predicted molar refractivity (Wildman–Crippen MR) is 80.3 cm³/mol. The highest BCUT2D eigenvalue weighted by molar-refractivity contribution is 5.66. The third-order valence-corrected chi connectivity index (χ3v) is 3.36. The highest BCUT2D eigenvalue weighted by Crippen LogP contribution is 2.24. The Kier molecular flexibility index (Phi) is 6.52. The molecular formula is C16H25NO3. The summed E-state index contributed by atoms with van der Waals surface area (Å²) in [6.07, 6.45) is 1.91. The van der Waals surface area contributed by atoms with Gasteiger partial charge in [0.15, 0.2) is 0 Å². The Morgan fingerprint density at radius 1 is 1.25 bits per heavy atom. The average Bonchev–Trinajstić information content (AvgIpc) is 2.34. The van der Waals surface area contributed by atoms with Crippen LogP contribution in [0.4, 0.5) is 0 Å². The van der Waals surface area contributed by atoms with Crippen molar-refractivity contribution in [3.63, 3.8) is 0 Å². The number of unbranched alkanes of at least 4 members (excludes halogenated alkanes) is 1. The molecule has 0 aliphatic heterocycles. The van der Waals surface area contributed by atoms with Crippen LogP contribution >= 0.6 is 0 Å². The lowest BCUT2D eigenvalue weighted by Crippen LogP contribution is -2.19. The Balaban J connectivity index is 2.49. The number of carboxylic acid groups (broad SMARTS) is 1. The van der Waals surface area contributed by atoms with Gasteiger partial charge >= 0.3 is 5.97 Å². The minimum absolute atomic E-state index is 0.259. The van der Waals surface area contributed by atoms with Crippen molar-refractivity contribution in [2.75, 3.05) is 20.7 Å². The molecule has 0 aromatic heterocycles. The second-order valence-electron chi connectivity index (χ2n) is 5.35. The summed E-state index contributed by atoms with van der Waals surface area (Å²) in [6, 6.07) is 4.30. The number of ether oxygens (including phenoxy) is 1. The van der Waals surface area contributed by atoms with Crippen molar-refractivity contribution in [1.29, 1.82) is 0 Å². The predicted octanol–water partition coefficient (Wildman–Crippen LogP) is 3.00. The number of nitrogens with zero attached hydrogens (tertiary/aromatic N) is 1. The number of rotatable bonds is 8. The monoisotopic (exact) mass is 279 g/mol. The maximum absolute atomic E-state index is 10.4. The van der Waals surface area contributed by atoms with Crippen LogP contribution < -0.4 is 4.74 Å². The fraction of sp³-hybridized carbons (Fsp3) is 0.562. The largest absolute Gasteiger partial charge is 0.496 e. The zero-order valence-electron chi connectivity index (χ0n) is 12.9. The third kappa shape index (κ3) is 5.21. The van der Waals surface area contributed by atoms with Gasteiger partial charge in [-0.25, -0.2) is 0 Å². The van der Waals surface area contributed by atoms with E-state index in [-0.39, 0.29) is 6.42 Å². The van der Waals surface area contributed by atoms with Crippen LogP contribution in [0, 0.1) is 13.8 Å². The van der Waals surface area contributed by atoms with E-state index in [1.54, 1.807) is 7.11 Å². The van der Waals surface area contributed by atoms with Gasteiger partial charge in [0.1, 0.15) is 5.75 Å². The summed E-state index contributed by atoms with van der Waals surface area (Å²) in [5.74, 6) is 0.243. The van der Waals surface area contributed by atoms with Crippen molar-refractivity contribution in [2.24, 2.45) is 0 Å². The van der Waals surface area contributed by atoms with Crippen LogP contribution in [0.2, 0.25) is 0 Å². The van der Waals surface area contributed by atoms with Crippen LogP contribution in [0.5, 0.6) is 5.75 Å². The molecule has 1 N–H and O–H groups in total. The molecule has 0 unspecified atom stereocenters. The summed E-state index contributed by atoms with van der Waals surface area (Å²) in [4.78, 5) is 12.7. The molecule has 112 valence electrons. The fourth-order valence-electron chi connectivity index (χ4n) is 2.50. The zero-order chi connectivity index (χ0) is 15.1. The molecule has 0 saturated carbocycles. The molecule has 0 spiro atoms. The van der Waals surface area contributed by atoms with Crippen LogP contribution in [-0.2, 0) is 11.3 Å². The standard InChI is InChI=1S/C16H25NO3/c1-12-9-14(10-13(2)16(12)20-4)11-17(3)8-6-5-7-15(18)19/h9-10H,5-8,11H2,1-4H3,(H,18,19). The molecule has 1 aromatic carbocycles. The van der Waals surface area contributed by atoms with Gasteiger partial charge in [-0.2, -0.15) is 0 Å². The molecule has 0 fully saturated rings. The van der Waals surface area contributed by atoms with E-state index in [4.69, 9.17) is 9.84 Å². The Labute approximate surface area is 121 Å². The van der Waals surface area contributed by atoms with E-state index in [9.17, 15) is 4.79 Å². The molecule has 0 aliphatic rings. The summed E-state index contributed by atoms with van der Waals surface area (Å²) in [7, 11) is 3.76. The molecule has 0 aliphatic carbocycles. The van der Waals surface area contributed by atoms with Gasteiger partial charge in [0.05, 0.1) is 7.11 Å². The van der Waals surface area contributed by atoms with Crippen LogP contribution in [0.15, 0.2) is 12.1 Å². The number of carboxylic acids is 1. The van der Waals surface area contributed by atoms with E-state index in [2.05, 4.69) is 37.9 Å². The quantitative estimate of drug-likeness (QED) is 0.743. The minimum Gasteiger partial charge on any atom is -0.496 e.